The minimum Gasteiger partial charge on any atom is -0.469 e. The molecule has 2 rings (SSSR count). The van der Waals surface area contributed by atoms with Crippen molar-refractivity contribution < 1.29 is 14.3 Å². The highest BCUT2D eigenvalue weighted by atomic mass is 16.5. The minimum absolute atomic E-state index is 0.0186. The van der Waals surface area contributed by atoms with Crippen LogP contribution in [0.1, 0.15) is 25.7 Å². The van der Waals surface area contributed by atoms with Gasteiger partial charge in [0, 0.05) is 13.2 Å². The molecule has 2 aliphatic rings. The Morgan fingerprint density at radius 3 is 2.93 bits per heavy atom. The normalized spacial score (nSPS) is 37.4. The van der Waals surface area contributed by atoms with E-state index in [-0.39, 0.29) is 11.9 Å². The molecule has 0 aromatic carbocycles. The largest absolute Gasteiger partial charge is 0.469 e. The molecule has 3 heteroatoms. The first kappa shape index (κ1) is 9.97. The molecule has 1 saturated heterocycles. The van der Waals surface area contributed by atoms with Crippen molar-refractivity contribution in [1.82, 2.24) is 0 Å². The first-order valence-corrected chi connectivity index (χ1v) is 5.47. The van der Waals surface area contributed by atoms with Gasteiger partial charge in [-0.15, -0.1) is 0 Å². The maximum atomic E-state index is 11.4. The summed E-state index contributed by atoms with van der Waals surface area (Å²) >= 11 is 0. The Labute approximate surface area is 84.8 Å². The molecule has 0 amide bonds. The molecule has 0 aromatic heterocycles. The van der Waals surface area contributed by atoms with Gasteiger partial charge in [0.2, 0.25) is 0 Å². The van der Waals surface area contributed by atoms with Gasteiger partial charge in [0.1, 0.15) is 0 Å². The third-order valence-corrected chi connectivity index (χ3v) is 3.64. The first-order valence-electron chi connectivity index (χ1n) is 5.47. The first-order chi connectivity index (χ1) is 6.81. The van der Waals surface area contributed by atoms with Gasteiger partial charge in [-0.1, -0.05) is 0 Å². The standard InChI is InChI=1S/C11H18O3/c1-13-11(12)9-2-3-10-7-14-5-4-8(10)6-9/h8-10H,2-7H2,1H3/t8-,9+,10-/m1/s1. The average molecular weight is 198 g/mol. The number of hydrogen-bond donors (Lipinski definition) is 0. The van der Waals surface area contributed by atoms with Crippen LogP contribution in [0, 0.1) is 17.8 Å². The summed E-state index contributed by atoms with van der Waals surface area (Å²) in [6.07, 6.45) is 4.25. The highest BCUT2D eigenvalue weighted by Crippen LogP contribution is 2.38. The lowest BCUT2D eigenvalue weighted by Gasteiger charge is -2.38. The molecule has 0 aromatic rings. The van der Waals surface area contributed by atoms with Crippen molar-refractivity contribution in [2.24, 2.45) is 17.8 Å². The molecule has 80 valence electrons. The molecule has 0 unspecified atom stereocenters. The van der Waals surface area contributed by atoms with E-state index in [1.54, 1.807) is 0 Å². The van der Waals surface area contributed by atoms with Crippen molar-refractivity contribution in [3.63, 3.8) is 0 Å². The third kappa shape index (κ3) is 1.92. The van der Waals surface area contributed by atoms with Crippen molar-refractivity contribution >= 4 is 5.97 Å². The molecule has 1 aliphatic carbocycles. The summed E-state index contributed by atoms with van der Waals surface area (Å²) in [6, 6.07) is 0. The number of methoxy groups -OCH3 is 1. The number of carbonyl (C=O) groups is 1. The van der Waals surface area contributed by atoms with E-state index in [4.69, 9.17) is 9.47 Å². The Kier molecular flexibility index (Phi) is 3.06. The van der Waals surface area contributed by atoms with Gasteiger partial charge >= 0.3 is 5.97 Å². The van der Waals surface area contributed by atoms with Crippen molar-refractivity contribution in [2.75, 3.05) is 20.3 Å². The molecule has 3 nitrogen and oxygen atoms in total. The molecule has 3 atom stereocenters. The maximum Gasteiger partial charge on any atom is 0.308 e. The molecule has 1 saturated carbocycles. The zero-order chi connectivity index (χ0) is 9.97. The molecule has 0 spiro atoms. The Bertz CT molecular complexity index is 215. The highest BCUT2D eigenvalue weighted by molar-refractivity contribution is 5.72. The molecule has 0 bridgehead atoms. The van der Waals surface area contributed by atoms with E-state index >= 15 is 0 Å². The van der Waals surface area contributed by atoms with Gasteiger partial charge < -0.3 is 9.47 Å². The molecule has 1 aliphatic heterocycles. The number of hydrogen-bond acceptors (Lipinski definition) is 3. The van der Waals surface area contributed by atoms with E-state index in [2.05, 4.69) is 0 Å². The summed E-state index contributed by atoms with van der Waals surface area (Å²) in [5.74, 6) is 1.53. The van der Waals surface area contributed by atoms with E-state index in [0.29, 0.717) is 11.8 Å². The summed E-state index contributed by atoms with van der Waals surface area (Å²) in [5, 5.41) is 0. The van der Waals surface area contributed by atoms with Crippen molar-refractivity contribution in [3.05, 3.63) is 0 Å². The van der Waals surface area contributed by atoms with Crippen molar-refractivity contribution in [1.29, 1.82) is 0 Å². The number of rotatable bonds is 1. The van der Waals surface area contributed by atoms with Crippen LogP contribution < -0.4 is 0 Å². The molecule has 2 fully saturated rings. The monoisotopic (exact) mass is 198 g/mol. The van der Waals surface area contributed by atoms with Crippen LogP contribution in [0.25, 0.3) is 0 Å². The fraction of sp³-hybridized carbons (Fsp3) is 0.909. The fourth-order valence-corrected chi connectivity index (χ4v) is 2.75. The van der Waals surface area contributed by atoms with Crippen LogP contribution >= 0.6 is 0 Å². The Morgan fingerprint density at radius 2 is 2.14 bits per heavy atom. The second-order valence-corrected chi connectivity index (χ2v) is 4.42. The van der Waals surface area contributed by atoms with Crippen molar-refractivity contribution in [3.8, 4) is 0 Å². The van der Waals surface area contributed by atoms with Crippen LogP contribution in [0.4, 0.5) is 0 Å². The number of esters is 1. The smallest absolute Gasteiger partial charge is 0.308 e. The lowest BCUT2D eigenvalue weighted by molar-refractivity contribution is -0.148. The lowest BCUT2D eigenvalue weighted by atomic mass is 9.72. The summed E-state index contributed by atoms with van der Waals surface area (Å²) < 4.78 is 10.2. The minimum atomic E-state index is -0.0186. The van der Waals surface area contributed by atoms with Gasteiger partial charge in [0.05, 0.1) is 13.0 Å². The Balaban J connectivity index is 1.92. The quantitative estimate of drug-likeness (QED) is 0.600. The van der Waals surface area contributed by atoms with Crippen LogP contribution in [-0.2, 0) is 14.3 Å². The fourth-order valence-electron chi connectivity index (χ4n) is 2.75. The van der Waals surface area contributed by atoms with Gasteiger partial charge in [-0.3, -0.25) is 4.79 Å². The summed E-state index contributed by atoms with van der Waals surface area (Å²) in [5.41, 5.74) is 0. The second-order valence-electron chi connectivity index (χ2n) is 4.42. The summed E-state index contributed by atoms with van der Waals surface area (Å²) in [7, 11) is 1.48. The Hall–Kier alpha value is -0.570. The Morgan fingerprint density at radius 1 is 1.29 bits per heavy atom. The van der Waals surface area contributed by atoms with Crippen LogP contribution in [-0.4, -0.2) is 26.3 Å². The number of ether oxygens (including phenoxy) is 2. The highest BCUT2D eigenvalue weighted by Gasteiger charge is 2.35. The predicted octanol–water partition coefficient (Wildman–Crippen LogP) is 1.61. The zero-order valence-corrected chi connectivity index (χ0v) is 8.70. The molecular formula is C11H18O3. The van der Waals surface area contributed by atoms with E-state index in [1.165, 1.54) is 7.11 Å². The van der Waals surface area contributed by atoms with Crippen molar-refractivity contribution in [2.45, 2.75) is 25.7 Å². The third-order valence-electron chi connectivity index (χ3n) is 3.64. The summed E-state index contributed by atoms with van der Waals surface area (Å²) in [4.78, 5) is 11.4. The average Bonchev–Trinajstić information content (AvgIpc) is 2.27. The molecule has 14 heavy (non-hydrogen) atoms. The second kappa shape index (κ2) is 4.30. The SMILES string of the molecule is COC(=O)[C@H]1CC[C@@H]2COCC[C@@H]2C1. The van der Waals surface area contributed by atoms with Gasteiger partial charge in [-0.05, 0) is 37.5 Å². The van der Waals surface area contributed by atoms with E-state index in [1.807, 2.05) is 0 Å². The number of carbonyl (C=O) groups excluding carboxylic acids is 1. The predicted molar refractivity (Wildman–Crippen MR) is 51.8 cm³/mol. The molecule has 1 heterocycles. The molecule has 0 N–H and O–H groups in total. The van der Waals surface area contributed by atoms with Gasteiger partial charge in [-0.2, -0.15) is 0 Å². The van der Waals surface area contributed by atoms with Gasteiger partial charge in [-0.25, -0.2) is 0 Å². The van der Waals surface area contributed by atoms with Gasteiger partial charge in [0.15, 0.2) is 0 Å². The lowest BCUT2D eigenvalue weighted by Crippen LogP contribution is -2.35. The van der Waals surface area contributed by atoms with Gasteiger partial charge in [0.25, 0.3) is 0 Å². The molecular weight excluding hydrogens is 180 g/mol. The van der Waals surface area contributed by atoms with E-state index in [9.17, 15) is 4.79 Å². The van der Waals surface area contributed by atoms with E-state index < -0.39 is 0 Å². The van der Waals surface area contributed by atoms with Crippen LogP contribution in [0.3, 0.4) is 0 Å². The van der Waals surface area contributed by atoms with E-state index in [0.717, 1.165) is 38.9 Å². The van der Waals surface area contributed by atoms with Crippen LogP contribution in [0.5, 0.6) is 0 Å². The number of fused-ring (bicyclic) bond motifs is 1. The molecule has 0 radical (unpaired) electrons. The van der Waals surface area contributed by atoms with Crippen LogP contribution in [0.2, 0.25) is 0 Å². The van der Waals surface area contributed by atoms with Crippen LogP contribution in [0.15, 0.2) is 0 Å². The maximum absolute atomic E-state index is 11.4. The zero-order valence-electron chi connectivity index (χ0n) is 8.70. The topological polar surface area (TPSA) is 35.5 Å². The summed E-state index contributed by atoms with van der Waals surface area (Å²) in [6.45, 7) is 1.77.